The highest BCUT2D eigenvalue weighted by Gasteiger charge is 2.31. The molecule has 1 aliphatic heterocycles. The second-order valence-electron chi connectivity index (χ2n) is 8.92. The molecule has 0 bridgehead atoms. The fraction of sp³-hybridized carbons (Fsp3) is 0.407. The van der Waals surface area contributed by atoms with Crippen molar-refractivity contribution in [3.05, 3.63) is 57.4 Å². The zero-order valence-electron chi connectivity index (χ0n) is 19.6. The number of methoxy groups -OCH3 is 1. The Hall–Kier alpha value is -2.63. The highest BCUT2D eigenvalue weighted by molar-refractivity contribution is 7.11. The second kappa shape index (κ2) is 11.9. The van der Waals surface area contributed by atoms with E-state index in [1.165, 1.54) is 11.3 Å². The number of thiophene rings is 1. The van der Waals surface area contributed by atoms with Gasteiger partial charge in [0.1, 0.15) is 5.75 Å². The molecule has 184 valence electrons. The molecule has 3 atom stereocenters. The molecule has 1 unspecified atom stereocenters. The maximum atomic E-state index is 11.6. The smallest absolute Gasteiger partial charge is 0.303 e. The molecule has 35 heavy (non-hydrogen) atoms. The minimum Gasteiger partial charge on any atom is -0.497 e. The number of hydrogen-bond acceptors (Lipinski definition) is 6. The van der Waals surface area contributed by atoms with E-state index in [1.807, 2.05) is 35.7 Å². The van der Waals surface area contributed by atoms with Crippen LogP contribution in [0.4, 0.5) is 0 Å². The Kier molecular flexibility index (Phi) is 8.64. The molecule has 0 spiro atoms. The molecule has 0 radical (unpaired) electrons. The lowest BCUT2D eigenvalue weighted by molar-refractivity contribution is -0.139. The standard InChI is InChI=1S/C27H29ClN2O4S/c1-34-20-5-6-24-22(16-20)21(8-11-29-24)25(31)7-4-18-9-13-30(17-19(18)15-27(32)33)12-2-3-26-23(28)10-14-35-26/h5-6,8,10-11,14,16,18-19,25,31H,4,7,9,12-13,15,17H2,1H3,(H,32,33)/t18-,19+,25?/m1/s1. The van der Waals surface area contributed by atoms with Gasteiger partial charge in [0.2, 0.25) is 0 Å². The SMILES string of the molecule is COc1ccc2nccc(C(O)CC[C@@H]3CCN(CC#Cc4sccc4Cl)C[C@@H]3CC(=O)O)c2c1. The van der Waals surface area contributed by atoms with E-state index in [4.69, 9.17) is 16.3 Å². The third kappa shape index (κ3) is 6.53. The van der Waals surface area contributed by atoms with Gasteiger partial charge in [0.25, 0.3) is 0 Å². The number of carboxylic acids is 1. The summed E-state index contributed by atoms with van der Waals surface area (Å²) in [4.78, 5) is 19.0. The zero-order chi connectivity index (χ0) is 24.8. The highest BCUT2D eigenvalue weighted by atomic mass is 35.5. The van der Waals surface area contributed by atoms with Crippen LogP contribution >= 0.6 is 22.9 Å². The van der Waals surface area contributed by atoms with Gasteiger partial charge in [0.15, 0.2) is 0 Å². The Bertz CT molecular complexity index is 1230. The second-order valence-corrected chi connectivity index (χ2v) is 10.2. The van der Waals surface area contributed by atoms with Crippen molar-refractivity contribution in [3.8, 4) is 17.6 Å². The number of rotatable bonds is 8. The number of carboxylic acid groups (broad SMARTS) is 1. The molecule has 0 saturated carbocycles. The normalized spacial score (nSPS) is 19.2. The highest BCUT2D eigenvalue weighted by Crippen LogP contribution is 2.34. The molecule has 0 amide bonds. The number of aromatic nitrogens is 1. The number of aliphatic hydroxyl groups excluding tert-OH is 1. The lowest BCUT2D eigenvalue weighted by Gasteiger charge is -2.37. The molecule has 6 nitrogen and oxygen atoms in total. The molecule has 1 fully saturated rings. The molecule has 3 heterocycles. The van der Waals surface area contributed by atoms with Crippen LogP contribution in [-0.2, 0) is 4.79 Å². The van der Waals surface area contributed by atoms with Gasteiger partial charge in [-0.15, -0.1) is 11.3 Å². The summed E-state index contributed by atoms with van der Waals surface area (Å²) in [5, 5.41) is 24.0. The van der Waals surface area contributed by atoms with E-state index in [0.717, 1.165) is 46.5 Å². The molecule has 4 rings (SSSR count). The molecule has 2 N–H and O–H groups in total. The van der Waals surface area contributed by atoms with Crippen molar-refractivity contribution < 1.29 is 19.7 Å². The quantitative estimate of drug-likeness (QED) is 0.402. The summed E-state index contributed by atoms with van der Waals surface area (Å²) in [6, 6.07) is 9.33. The average molecular weight is 513 g/mol. The molecule has 1 aliphatic rings. The van der Waals surface area contributed by atoms with E-state index in [0.29, 0.717) is 24.5 Å². The molecule has 0 aliphatic carbocycles. The maximum Gasteiger partial charge on any atom is 0.303 e. The first-order valence-corrected chi connectivity index (χ1v) is 13.0. The van der Waals surface area contributed by atoms with Crippen molar-refractivity contribution in [2.24, 2.45) is 11.8 Å². The third-order valence-electron chi connectivity index (χ3n) is 6.69. The van der Waals surface area contributed by atoms with Gasteiger partial charge in [-0.3, -0.25) is 14.7 Å². The molecule has 1 saturated heterocycles. The molecule has 1 aromatic carbocycles. The first-order valence-electron chi connectivity index (χ1n) is 11.7. The first-order chi connectivity index (χ1) is 16.9. The first kappa shape index (κ1) is 25.5. The summed E-state index contributed by atoms with van der Waals surface area (Å²) in [6.07, 6.45) is 3.39. The number of nitrogens with zero attached hydrogens (tertiary/aromatic N) is 2. The van der Waals surface area contributed by atoms with Crippen LogP contribution in [0.25, 0.3) is 10.9 Å². The summed E-state index contributed by atoms with van der Waals surface area (Å²) in [7, 11) is 1.62. The summed E-state index contributed by atoms with van der Waals surface area (Å²) < 4.78 is 5.34. The van der Waals surface area contributed by atoms with Gasteiger partial charge in [-0.25, -0.2) is 0 Å². The van der Waals surface area contributed by atoms with E-state index in [2.05, 4.69) is 21.7 Å². The minimum absolute atomic E-state index is 0.0230. The number of ether oxygens (including phenoxy) is 1. The monoisotopic (exact) mass is 512 g/mol. The number of carbonyl (C=O) groups is 1. The van der Waals surface area contributed by atoms with Crippen LogP contribution < -0.4 is 4.74 Å². The van der Waals surface area contributed by atoms with Crippen molar-refractivity contribution in [1.29, 1.82) is 0 Å². The predicted molar refractivity (Wildman–Crippen MR) is 139 cm³/mol. The number of fused-ring (bicyclic) bond motifs is 1. The fourth-order valence-electron chi connectivity index (χ4n) is 4.84. The van der Waals surface area contributed by atoms with Gasteiger partial charge in [0, 0.05) is 24.5 Å². The van der Waals surface area contributed by atoms with Gasteiger partial charge in [-0.2, -0.15) is 0 Å². The lowest BCUT2D eigenvalue weighted by Crippen LogP contribution is -2.41. The number of piperidine rings is 1. The van der Waals surface area contributed by atoms with Crippen LogP contribution in [-0.4, -0.2) is 52.8 Å². The van der Waals surface area contributed by atoms with Crippen molar-refractivity contribution >= 4 is 39.8 Å². The number of pyridine rings is 1. The molecule has 8 heteroatoms. The van der Waals surface area contributed by atoms with E-state index in [1.54, 1.807) is 13.3 Å². The van der Waals surface area contributed by atoms with Gasteiger partial charge >= 0.3 is 5.97 Å². The van der Waals surface area contributed by atoms with Crippen LogP contribution in [0.3, 0.4) is 0 Å². The van der Waals surface area contributed by atoms with Crippen LogP contribution in [0.5, 0.6) is 5.75 Å². The molecule has 3 aromatic rings. The van der Waals surface area contributed by atoms with Crippen molar-refractivity contribution in [2.75, 3.05) is 26.7 Å². The lowest BCUT2D eigenvalue weighted by atomic mass is 9.79. The van der Waals surface area contributed by atoms with Crippen LogP contribution in [0.15, 0.2) is 41.9 Å². The number of aliphatic carboxylic acids is 1. The summed E-state index contributed by atoms with van der Waals surface area (Å²) in [5.41, 5.74) is 1.63. The molecule has 2 aromatic heterocycles. The topological polar surface area (TPSA) is 82.9 Å². The van der Waals surface area contributed by atoms with Crippen molar-refractivity contribution in [3.63, 3.8) is 0 Å². The Morgan fingerprint density at radius 3 is 2.94 bits per heavy atom. The van der Waals surface area contributed by atoms with Gasteiger partial charge < -0.3 is 14.9 Å². The van der Waals surface area contributed by atoms with E-state index >= 15 is 0 Å². The number of hydrogen-bond donors (Lipinski definition) is 2. The maximum absolute atomic E-state index is 11.6. The van der Waals surface area contributed by atoms with Crippen molar-refractivity contribution in [1.82, 2.24) is 9.88 Å². The number of aliphatic hydroxyl groups is 1. The molecular formula is C27H29ClN2O4S. The van der Waals surface area contributed by atoms with E-state index in [-0.39, 0.29) is 18.3 Å². The Morgan fingerprint density at radius 2 is 2.20 bits per heavy atom. The average Bonchev–Trinajstić information content (AvgIpc) is 3.26. The van der Waals surface area contributed by atoms with E-state index in [9.17, 15) is 15.0 Å². The summed E-state index contributed by atoms with van der Waals surface area (Å²) in [5.74, 6) is 6.50. The zero-order valence-corrected chi connectivity index (χ0v) is 21.2. The number of benzene rings is 1. The van der Waals surface area contributed by atoms with Crippen LogP contribution in [0.2, 0.25) is 5.02 Å². The number of likely N-dealkylation sites (tertiary alicyclic amines) is 1. The number of halogens is 1. The summed E-state index contributed by atoms with van der Waals surface area (Å²) in [6.45, 7) is 2.14. The van der Waals surface area contributed by atoms with Gasteiger partial charge in [-0.1, -0.05) is 23.4 Å². The van der Waals surface area contributed by atoms with Crippen LogP contribution in [0.1, 0.15) is 42.2 Å². The Morgan fingerprint density at radius 1 is 1.34 bits per heavy atom. The van der Waals surface area contributed by atoms with Crippen molar-refractivity contribution in [2.45, 2.75) is 31.8 Å². The fourth-order valence-corrected chi connectivity index (χ4v) is 5.81. The minimum atomic E-state index is -0.786. The third-order valence-corrected chi connectivity index (χ3v) is 7.94. The Balaban J connectivity index is 1.39. The largest absolute Gasteiger partial charge is 0.497 e. The Labute approximate surface area is 214 Å². The van der Waals surface area contributed by atoms with E-state index < -0.39 is 12.1 Å². The molecular weight excluding hydrogens is 484 g/mol. The summed E-state index contributed by atoms with van der Waals surface area (Å²) >= 11 is 7.63. The van der Waals surface area contributed by atoms with Crippen LogP contribution in [0, 0.1) is 23.7 Å². The predicted octanol–water partition coefficient (Wildman–Crippen LogP) is 5.24. The van der Waals surface area contributed by atoms with Gasteiger partial charge in [0.05, 0.1) is 35.2 Å². The van der Waals surface area contributed by atoms with Gasteiger partial charge in [-0.05, 0) is 78.9 Å².